The van der Waals surface area contributed by atoms with Crippen LogP contribution in [0.3, 0.4) is 0 Å². The quantitative estimate of drug-likeness (QED) is 0.785. The molecule has 0 atom stereocenters. The minimum atomic E-state index is -3.79. The zero-order valence-electron chi connectivity index (χ0n) is 14.9. The second-order valence-electron chi connectivity index (χ2n) is 8.15. The van der Waals surface area contributed by atoms with Gasteiger partial charge < -0.3 is 9.46 Å². The van der Waals surface area contributed by atoms with Gasteiger partial charge in [-0.2, -0.15) is 0 Å². The lowest BCUT2D eigenvalue weighted by Crippen LogP contribution is -2.26. The van der Waals surface area contributed by atoms with Gasteiger partial charge in [0.2, 0.25) is 0 Å². The van der Waals surface area contributed by atoms with Crippen LogP contribution in [0, 0.1) is 0 Å². The predicted molar refractivity (Wildman–Crippen MR) is 97.2 cm³/mol. The molecule has 0 aliphatic rings. The van der Waals surface area contributed by atoms with Gasteiger partial charge in [0.05, 0.1) is 7.37 Å². The molecule has 0 bridgehead atoms. The molecule has 0 aliphatic heterocycles. The predicted octanol–water partition coefficient (Wildman–Crippen LogP) is 3.87. The van der Waals surface area contributed by atoms with E-state index in [2.05, 4.69) is 41.5 Å². The fourth-order valence-corrected chi connectivity index (χ4v) is 3.85. The Morgan fingerprint density at radius 1 is 0.652 bits per heavy atom. The Morgan fingerprint density at radius 3 is 1.13 bits per heavy atom. The summed E-state index contributed by atoms with van der Waals surface area (Å²) in [5.74, 6) is 0. The summed E-state index contributed by atoms with van der Waals surface area (Å²) in [6, 6.07) is 14.5. The van der Waals surface area contributed by atoms with Gasteiger partial charge in [0, 0.05) is 10.6 Å². The molecule has 0 unspecified atom stereocenters. The molecule has 0 N–H and O–H groups in total. The molecule has 2 aromatic rings. The summed E-state index contributed by atoms with van der Waals surface area (Å²) in [7, 11) is -3.79. The van der Waals surface area contributed by atoms with Crippen molar-refractivity contribution in [1.82, 2.24) is 0 Å². The molecule has 124 valence electrons. The van der Waals surface area contributed by atoms with Crippen LogP contribution in [0.25, 0.3) is 0 Å². The van der Waals surface area contributed by atoms with Gasteiger partial charge in [-0.05, 0) is 22.0 Å². The highest BCUT2D eigenvalue weighted by molar-refractivity contribution is 7.72. The van der Waals surface area contributed by atoms with Crippen molar-refractivity contribution in [3.8, 4) is 0 Å². The molecule has 0 radical (unpaired) electrons. The largest absolute Gasteiger partial charge is 0.793 e. The lowest BCUT2D eigenvalue weighted by atomic mass is 9.87. The van der Waals surface area contributed by atoms with E-state index in [0.717, 1.165) is 11.1 Å². The number of hydrogen-bond acceptors (Lipinski definition) is 2. The molecule has 0 amide bonds. The van der Waals surface area contributed by atoms with Crippen LogP contribution >= 0.6 is 7.37 Å². The molecule has 2 rings (SSSR count). The molecule has 23 heavy (non-hydrogen) atoms. The molecule has 0 aromatic heterocycles. The maximum absolute atomic E-state index is 12.8. The Bertz CT molecular complexity index is 653. The van der Waals surface area contributed by atoms with Crippen molar-refractivity contribution >= 4 is 18.0 Å². The average molecular weight is 329 g/mol. The van der Waals surface area contributed by atoms with Gasteiger partial charge in [-0.15, -0.1) is 0 Å². The van der Waals surface area contributed by atoms with Crippen LogP contribution in [0.5, 0.6) is 0 Å². The van der Waals surface area contributed by atoms with E-state index < -0.39 is 7.37 Å². The van der Waals surface area contributed by atoms with Crippen LogP contribution in [0.2, 0.25) is 0 Å². The van der Waals surface area contributed by atoms with E-state index in [1.165, 1.54) is 0 Å². The summed E-state index contributed by atoms with van der Waals surface area (Å²) in [5.41, 5.74) is 2.29. The summed E-state index contributed by atoms with van der Waals surface area (Å²) in [6.07, 6.45) is 0. The smallest absolute Gasteiger partial charge is 0.0720 e. The van der Waals surface area contributed by atoms with E-state index in [1.54, 1.807) is 24.3 Å². The van der Waals surface area contributed by atoms with Crippen molar-refractivity contribution in [2.75, 3.05) is 0 Å². The van der Waals surface area contributed by atoms with Gasteiger partial charge in [0.15, 0.2) is 0 Å². The first-order valence-corrected chi connectivity index (χ1v) is 9.58. The topological polar surface area (TPSA) is 40.1 Å². The van der Waals surface area contributed by atoms with Crippen molar-refractivity contribution in [2.45, 2.75) is 52.4 Å². The Balaban J connectivity index is 2.36. The first kappa shape index (κ1) is 18.0. The maximum atomic E-state index is 12.8. The zero-order chi connectivity index (χ0) is 17.5. The Morgan fingerprint density at radius 2 is 0.913 bits per heavy atom. The molecular weight excluding hydrogens is 303 g/mol. The minimum absolute atomic E-state index is 0.0137. The third-order valence-electron chi connectivity index (χ3n) is 4.15. The van der Waals surface area contributed by atoms with E-state index in [1.807, 2.05) is 24.3 Å². The molecule has 0 aliphatic carbocycles. The fraction of sp³-hybridized carbons (Fsp3) is 0.400. The first-order valence-electron chi connectivity index (χ1n) is 7.96. The number of hydrogen-bond donors (Lipinski definition) is 0. The van der Waals surface area contributed by atoms with E-state index in [9.17, 15) is 9.46 Å². The van der Waals surface area contributed by atoms with Crippen LogP contribution in [0.15, 0.2) is 48.5 Å². The monoisotopic (exact) mass is 329 g/mol. The summed E-state index contributed by atoms with van der Waals surface area (Å²) < 4.78 is 12.8. The summed E-state index contributed by atoms with van der Waals surface area (Å²) in [4.78, 5) is 12.8. The van der Waals surface area contributed by atoms with Gasteiger partial charge in [-0.1, -0.05) is 90.1 Å². The number of rotatable bonds is 2. The molecule has 3 heteroatoms. The molecule has 0 saturated heterocycles. The Labute approximate surface area is 140 Å². The van der Waals surface area contributed by atoms with Crippen molar-refractivity contribution in [2.24, 2.45) is 0 Å². The molecule has 0 spiro atoms. The lowest BCUT2D eigenvalue weighted by Gasteiger charge is -2.27. The molecule has 0 fully saturated rings. The highest BCUT2D eigenvalue weighted by Crippen LogP contribution is 2.35. The molecule has 2 aromatic carbocycles. The first-order chi connectivity index (χ1) is 10.4. The van der Waals surface area contributed by atoms with Crippen molar-refractivity contribution < 1.29 is 9.46 Å². The maximum Gasteiger partial charge on any atom is 0.0720 e. The molecular formula is C20H26O2P-. The zero-order valence-corrected chi connectivity index (χ0v) is 15.8. The Kier molecular flexibility index (Phi) is 4.63. The normalized spacial score (nSPS) is 13.2. The summed E-state index contributed by atoms with van der Waals surface area (Å²) in [5, 5.41) is 0.739. The van der Waals surface area contributed by atoms with Crippen LogP contribution < -0.4 is 15.5 Å². The number of benzene rings is 2. The molecule has 0 heterocycles. The van der Waals surface area contributed by atoms with Crippen LogP contribution in [0.1, 0.15) is 52.7 Å². The Hall–Kier alpha value is -1.37. The lowest BCUT2D eigenvalue weighted by molar-refractivity contribution is -0.167. The van der Waals surface area contributed by atoms with Crippen molar-refractivity contribution in [1.29, 1.82) is 0 Å². The van der Waals surface area contributed by atoms with Gasteiger partial charge in [-0.3, -0.25) is 0 Å². The average Bonchev–Trinajstić information content (AvgIpc) is 2.46. The van der Waals surface area contributed by atoms with E-state index in [0.29, 0.717) is 10.6 Å². The highest BCUT2D eigenvalue weighted by Gasteiger charge is 2.19. The van der Waals surface area contributed by atoms with E-state index in [-0.39, 0.29) is 10.8 Å². The third kappa shape index (κ3) is 3.94. The van der Waals surface area contributed by atoms with Gasteiger partial charge in [0.1, 0.15) is 0 Å². The summed E-state index contributed by atoms with van der Waals surface area (Å²) in [6.45, 7) is 12.7. The standard InChI is InChI=1S/C20H27O2P/c1-19(2,3)15-7-11-17(12-8-15)23(21,22)18-13-9-16(10-14-18)20(4,5)6/h7-14H,1-6H3,(H,21,22)/p-1. The van der Waals surface area contributed by atoms with Crippen LogP contribution in [0.4, 0.5) is 0 Å². The second-order valence-corrected chi connectivity index (χ2v) is 10.3. The molecule has 2 nitrogen and oxygen atoms in total. The van der Waals surface area contributed by atoms with E-state index in [4.69, 9.17) is 0 Å². The van der Waals surface area contributed by atoms with Crippen molar-refractivity contribution in [3.63, 3.8) is 0 Å². The SMILES string of the molecule is CC(C)(C)c1ccc(P(=O)([O-])c2ccc(C(C)(C)C)cc2)cc1. The van der Waals surface area contributed by atoms with E-state index >= 15 is 0 Å². The van der Waals surface area contributed by atoms with Crippen LogP contribution in [-0.4, -0.2) is 0 Å². The minimum Gasteiger partial charge on any atom is -0.793 e. The van der Waals surface area contributed by atoms with Crippen LogP contribution in [-0.2, 0) is 15.4 Å². The summed E-state index contributed by atoms with van der Waals surface area (Å²) >= 11 is 0. The van der Waals surface area contributed by atoms with Gasteiger partial charge in [0.25, 0.3) is 0 Å². The third-order valence-corrected chi connectivity index (χ3v) is 6.10. The fourth-order valence-electron chi connectivity index (χ4n) is 2.46. The molecule has 0 saturated carbocycles. The van der Waals surface area contributed by atoms with Gasteiger partial charge >= 0.3 is 0 Å². The highest BCUT2D eigenvalue weighted by atomic mass is 31.2. The second kappa shape index (κ2) is 5.92. The van der Waals surface area contributed by atoms with Crippen molar-refractivity contribution in [3.05, 3.63) is 59.7 Å². The van der Waals surface area contributed by atoms with Gasteiger partial charge in [-0.25, -0.2) is 0 Å².